The predicted octanol–water partition coefficient (Wildman–Crippen LogP) is 4.65. The van der Waals surface area contributed by atoms with E-state index >= 15 is 0 Å². The van der Waals surface area contributed by atoms with Gasteiger partial charge in [-0.15, -0.1) is 0 Å². The third-order valence-electron chi connectivity index (χ3n) is 6.14. The normalized spacial score (nSPS) is 12.9. The molecule has 3 heterocycles. The summed E-state index contributed by atoms with van der Waals surface area (Å²) in [4.78, 5) is 26.9. The van der Waals surface area contributed by atoms with Crippen molar-refractivity contribution in [2.24, 2.45) is 0 Å². The number of hydrogen-bond donors (Lipinski definition) is 2. The van der Waals surface area contributed by atoms with Crippen molar-refractivity contribution in [2.45, 2.75) is 33.2 Å². The first kappa shape index (κ1) is 21.6. The van der Waals surface area contributed by atoms with E-state index in [9.17, 15) is 9.90 Å². The van der Waals surface area contributed by atoms with Crippen molar-refractivity contribution < 1.29 is 9.90 Å². The lowest BCUT2D eigenvalue weighted by atomic mass is 9.99. The molecule has 0 spiro atoms. The molecule has 0 radical (unpaired) electrons. The maximum atomic E-state index is 11.6. The van der Waals surface area contributed by atoms with E-state index in [4.69, 9.17) is 9.97 Å². The number of aromatic nitrogens is 4. The molecule has 1 amide bonds. The average molecular weight is 455 g/mol. The van der Waals surface area contributed by atoms with E-state index in [2.05, 4.69) is 41.5 Å². The Morgan fingerprint density at radius 3 is 2.50 bits per heavy atom. The van der Waals surface area contributed by atoms with Gasteiger partial charge in [0.25, 0.3) is 0 Å². The van der Waals surface area contributed by atoms with Crippen LogP contribution in [0.15, 0.2) is 60.9 Å². The van der Waals surface area contributed by atoms with Crippen LogP contribution in [0.4, 0.5) is 16.4 Å². The summed E-state index contributed by atoms with van der Waals surface area (Å²) in [5, 5.41) is 12.8. The molecule has 0 fully saturated rings. The molecule has 8 nitrogen and oxygen atoms in total. The number of amides is 1. The number of imidazole rings is 1. The second-order valence-electron chi connectivity index (χ2n) is 8.55. The van der Waals surface area contributed by atoms with Gasteiger partial charge in [0, 0.05) is 48.7 Å². The fourth-order valence-electron chi connectivity index (χ4n) is 4.23. The maximum absolute atomic E-state index is 11.6. The van der Waals surface area contributed by atoms with E-state index in [1.807, 2.05) is 42.0 Å². The Hall–Kier alpha value is -4.20. The fourth-order valence-corrected chi connectivity index (χ4v) is 4.23. The molecule has 0 bridgehead atoms. The number of anilines is 2. The molecule has 34 heavy (non-hydrogen) atoms. The van der Waals surface area contributed by atoms with Crippen LogP contribution in [0.25, 0.3) is 5.69 Å². The predicted molar refractivity (Wildman–Crippen MR) is 130 cm³/mol. The zero-order valence-corrected chi connectivity index (χ0v) is 19.2. The lowest BCUT2D eigenvalue weighted by Crippen LogP contribution is -2.36. The maximum Gasteiger partial charge on any atom is 0.407 e. The Labute approximate surface area is 197 Å². The molecule has 0 atom stereocenters. The van der Waals surface area contributed by atoms with Crippen molar-refractivity contribution in [3.05, 3.63) is 94.8 Å². The quantitative estimate of drug-likeness (QED) is 0.456. The molecular formula is C26H26N6O2. The summed E-state index contributed by atoms with van der Waals surface area (Å²) in [5.41, 5.74) is 6.90. The SMILES string of the molecule is Cc1ccc(Cc2nc(Nc3ccc(-n4ccnc4C)cc3)nc3c2CN(C(=O)O)CC3)cc1. The van der Waals surface area contributed by atoms with Crippen molar-refractivity contribution in [1.82, 2.24) is 24.4 Å². The molecule has 5 rings (SSSR count). The molecule has 2 aromatic carbocycles. The first-order chi connectivity index (χ1) is 16.5. The topological polar surface area (TPSA) is 96.2 Å². The van der Waals surface area contributed by atoms with Crippen LogP contribution in [-0.4, -0.2) is 42.2 Å². The van der Waals surface area contributed by atoms with Crippen LogP contribution in [0.1, 0.15) is 33.9 Å². The molecular weight excluding hydrogens is 428 g/mol. The number of nitrogens with zero attached hydrogens (tertiary/aromatic N) is 5. The highest BCUT2D eigenvalue weighted by molar-refractivity contribution is 5.66. The van der Waals surface area contributed by atoms with Crippen LogP contribution in [0.5, 0.6) is 0 Å². The summed E-state index contributed by atoms with van der Waals surface area (Å²) in [6, 6.07) is 16.4. The molecule has 8 heteroatoms. The molecule has 0 unspecified atom stereocenters. The lowest BCUT2D eigenvalue weighted by molar-refractivity contribution is 0.139. The van der Waals surface area contributed by atoms with Gasteiger partial charge in [-0.3, -0.25) is 0 Å². The highest BCUT2D eigenvalue weighted by Crippen LogP contribution is 2.26. The van der Waals surface area contributed by atoms with Crippen LogP contribution in [0.2, 0.25) is 0 Å². The molecule has 2 aromatic heterocycles. The van der Waals surface area contributed by atoms with Crippen LogP contribution in [0, 0.1) is 13.8 Å². The monoisotopic (exact) mass is 454 g/mol. The number of fused-ring (bicyclic) bond motifs is 1. The summed E-state index contributed by atoms with van der Waals surface area (Å²) < 4.78 is 2.02. The Bertz CT molecular complexity index is 1330. The van der Waals surface area contributed by atoms with Crippen LogP contribution in [0.3, 0.4) is 0 Å². The largest absolute Gasteiger partial charge is 0.465 e. The Morgan fingerprint density at radius 1 is 1.06 bits per heavy atom. The number of rotatable bonds is 5. The van der Waals surface area contributed by atoms with E-state index in [-0.39, 0.29) is 0 Å². The van der Waals surface area contributed by atoms with Gasteiger partial charge >= 0.3 is 6.09 Å². The first-order valence-corrected chi connectivity index (χ1v) is 11.3. The van der Waals surface area contributed by atoms with E-state index in [1.54, 1.807) is 6.20 Å². The number of carboxylic acid groups (broad SMARTS) is 1. The second-order valence-corrected chi connectivity index (χ2v) is 8.55. The minimum atomic E-state index is -0.914. The summed E-state index contributed by atoms with van der Waals surface area (Å²) in [5.74, 6) is 1.45. The van der Waals surface area contributed by atoms with Crippen molar-refractivity contribution in [3.8, 4) is 5.69 Å². The summed E-state index contributed by atoms with van der Waals surface area (Å²) >= 11 is 0. The van der Waals surface area contributed by atoms with E-state index in [0.29, 0.717) is 31.9 Å². The average Bonchev–Trinajstić information content (AvgIpc) is 3.26. The first-order valence-electron chi connectivity index (χ1n) is 11.3. The highest BCUT2D eigenvalue weighted by Gasteiger charge is 2.25. The van der Waals surface area contributed by atoms with E-state index in [0.717, 1.165) is 39.7 Å². The molecule has 0 aliphatic carbocycles. The van der Waals surface area contributed by atoms with Gasteiger partial charge in [0.1, 0.15) is 5.82 Å². The van der Waals surface area contributed by atoms with Crippen LogP contribution < -0.4 is 5.32 Å². The minimum Gasteiger partial charge on any atom is -0.465 e. The molecule has 4 aromatic rings. The number of nitrogens with one attached hydrogen (secondary N) is 1. The van der Waals surface area contributed by atoms with Gasteiger partial charge in [0.05, 0.1) is 17.9 Å². The zero-order chi connectivity index (χ0) is 23.7. The lowest BCUT2D eigenvalue weighted by Gasteiger charge is -2.27. The van der Waals surface area contributed by atoms with Crippen molar-refractivity contribution in [3.63, 3.8) is 0 Å². The molecule has 0 saturated carbocycles. The van der Waals surface area contributed by atoms with Gasteiger partial charge < -0.3 is 19.9 Å². The smallest absolute Gasteiger partial charge is 0.407 e. The number of hydrogen-bond acceptors (Lipinski definition) is 5. The van der Waals surface area contributed by atoms with Gasteiger partial charge in [-0.05, 0) is 43.7 Å². The fraction of sp³-hybridized carbons (Fsp3) is 0.231. The van der Waals surface area contributed by atoms with Gasteiger partial charge in [0.15, 0.2) is 0 Å². The van der Waals surface area contributed by atoms with Gasteiger partial charge in [0.2, 0.25) is 5.95 Å². The number of carbonyl (C=O) groups is 1. The molecule has 172 valence electrons. The zero-order valence-electron chi connectivity index (χ0n) is 19.2. The third kappa shape index (κ3) is 4.47. The Kier molecular flexibility index (Phi) is 5.71. The van der Waals surface area contributed by atoms with Crippen molar-refractivity contribution in [2.75, 3.05) is 11.9 Å². The molecule has 2 N–H and O–H groups in total. The number of aryl methyl sites for hydroxylation is 2. The Morgan fingerprint density at radius 2 is 1.82 bits per heavy atom. The molecule has 1 aliphatic rings. The standard InChI is InChI=1S/C26H26N6O2/c1-17-3-5-19(6-4-17)15-24-22-16-31(26(33)34)13-11-23(22)29-25(30-24)28-20-7-9-21(10-8-20)32-14-12-27-18(32)2/h3-10,12,14H,11,13,15-16H2,1-2H3,(H,33,34)(H,28,29,30). The summed E-state index contributed by atoms with van der Waals surface area (Å²) in [7, 11) is 0. The van der Waals surface area contributed by atoms with Crippen LogP contribution in [-0.2, 0) is 19.4 Å². The van der Waals surface area contributed by atoms with Gasteiger partial charge in [-0.2, -0.15) is 0 Å². The van der Waals surface area contributed by atoms with E-state index < -0.39 is 6.09 Å². The van der Waals surface area contributed by atoms with Crippen molar-refractivity contribution in [1.29, 1.82) is 0 Å². The van der Waals surface area contributed by atoms with Crippen molar-refractivity contribution >= 4 is 17.7 Å². The summed E-state index contributed by atoms with van der Waals surface area (Å²) in [6.45, 7) is 4.77. The summed E-state index contributed by atoms with van der Waals surface area (Å²) in [6.07, 6.45) is 3.98. The number of benzene rings is 2. The second kappa shape index (κ2) is 8.97. The minimum absolute atomic E-state index is 0.311. The van der Waals surface area contributed by atoms with Gasteiger partial charge in [-0.1, -0.05) is 29.8 Å². The van der Waals surface area contributed by atoms with Crippen LogP contribution >= 0.6 is 0 Å². The molecule has 0 saturated heterocycles. The third-order valence-corrected chi connectivity index (χ3v) is 6.14. The molecule has 1 aliphatic heterocycles. The van der Waals surface area contributed by atoms with Gasteiger partial charge in [-0.25, -0.2) is 19.7 Å². The van der Waals surface area contributed by atoms with E-state index in [1.165, 1.54) is 10.5 Å². The Balaban J connectivity index is 1.45. The highest BCUT2D eigenvalue weighted by atomic mass is 16.4.